The second-order valence-corrected chi connectivity index (χ2v) is 6.33. The number of carbonyl (C=O) groups excluding carboxylic acids is 1. The summed E-state index contributed by atoms with van der Waals surface area (Å²) in [6.45, 7) is 2.64. The summed E-state index contributed by atoms with van der Waals surface area (Å²) < 4.78 is 1.87. The second kappa shape index (κ2) is 6.84. The normalized spacial score (nSPS) is 11.4. The molecule has 0 atom stereocenters. The Morgan fingerprint density at radius 1 is 1.12 bits per heavy atom. The number of rotatable bonds is 5. The van der Waals surface area contributed by atoms with Crippen LogP contribution in [0.25, 0.3) is 17.0 Å². The average Bonchev–Trinajstić information content (AvgIpc) is 3.23. The number of nitrogens with one attached hydrogen (secondary N) is 1. The highest BCUT2D eigenvalue weighted by molar-refractivity contribution is 6.15. The Kier molecular flexibility index (Phi) is 4.23. The lowest BCUT2D eigenvalue weighted by Gasteiger charge is -2.00. The van der Waals surface area contributed by atoms with Gasteiger partial charge in [-0.05, 0) is 30.7 Å². The molecule has 2 aromatic heterocycles. The maximum atomic E-state index is 12.7. The van der Waals surface area contributed by atoms with Crippen molar-refractivity contribution in [3.05, 3.63) is 95.5 Å². The highest BCUT2D eigenvalue weighted by Gasteiger charge is 2.13. The van der Waals surface area contributed by atoms with E-state index in [1.54, 1.807) is 12.3 Å². The molecule has 0 aliphatic carbocycles. The highest BCUT2D eigenvalue weighted by Crippen LogP contribution is 2.22. The number of nitrogens with zero attached hydrogens (tertiary/aromatic N) is 2. The van der Waals surface area contributed by atoms with Gasteiger partial charge in [-0.25, -0.2) is 0 Å². The van der Waals surface area contributed by atoms with Gasteiger partial charge in [0.15, 0.2) is 5.78 Å². The van der Waals surface area contributed by atoms with Gasteiger partial charge in [-0.1, -0.05) is 48.5 Å². The van der Waals surface area contributed by atoms with Crippen LogP contribution >= 0.6 is 0 Å². The third-order valence-electron chi connectivity index (χ3n) is 4.41. The van der Waals surface area contributed by atoms with Crippen LogP contribution in [-0.2, 0) is 6.54 Å². The van der Waals surface area contributed by atoms with Crippen LogP contribution in [0.1, 0.15) is 27.2 Å². The first-order valence-corrected chi connectivity index (χ1v) is 8.57. The van der Waals surface area contributed by atoms with Crippen LogP contribution in [0.3, 0.4) is 0 Å². The Bertz CT molecular complexity index is 1090. The van der Waals surface area contributed by atoms with Crippen molar-refractivity contribution < 1.29 is 4.79 Å². The minimum Gasteiger partial charge on any atom is -0.358 e. The van der Waals surface area contributed by atoms with Crippen LogP contribution in [-0.4, -0.2) is 20.5 Å². The molecule has 0 spiro atoms. The molecule has 4 heteroatoms. The van der Waals surface area contributed by atoms with E-state index in [1.165, 1.54) is 5.56 Å². The van der Waals surface area contributed by atoms with Crippen molar-refractivity contribution in [2.75, 3.05) is 0 Å². The molecule has 0 unspecified atom stereocenters. The number of fused-ring (bicyclic) bond motifs is 1. The van der Waals surface area contributed by atoms with Crippen LogP contribution in [0.15, 0.2) is 73.1 Å². The van der Waals surface area contributed by atoms with Gasteiger partial charge in [0, 0.05) is 28.4 Å². The van der Waals surface area contributed by atoms with E-state index in [-0.39, 0.29) is 5.78 Å². The molecule has 0 amide bonds. The van der Waals surface area contributed by atoms with Gasteiger partial charge in [-0.3, -0.25) is 9.48 Å². The van der Waals surface area contributed by atoms with E-state index >= 15 is 0 Å². The van der Waals surface area contributed by atoms with Crippen molar-refractivity contribution in [2.45, 2.75) is 13.5 Å². The summed E-state index contributed by atoms with van der Waals surface area (Å²) in [4.78, 5) is 15.9. The summed E-state index contributed by atoms with van der Waals surface area (Å²) in [7, 11) is 0. The van der Waals surface area contributed by atoms with Gasteiger partial charge in [0.25, 0.3) is 0 Å². The number of aromatic nitrogens is 3. The molecule has 0 fully saturated rings. The van der Waals surface area contributed by atoms with Crippen molar-refractivity contribution >= 4 is 22.8 Å². The summed E-state index contributed by atoms with van der Waals surface area (Å²) >= 11 is 0. The quantitative estimate of drug-likeness (QED) is 0.425. The van der Waals surface area contributed by atoms with E-state index < -0.39 is 0 Å². The van der Waals surface area contributed by atoms with Gasteiger partial charge in [0.2, 0.25) is 0 Å². The zero-order valence-electron chi connectivity index (χ0n) is 14.5. The number of H-pyrrole nitrogens is 1. The molecular formula is C22H19N3O. The number of allylic oxidation sites excluding steroid dienone is 1. The number of benzene rings is 2. The fourth-order valence-electron chi connectivity index (χ4n) is 3.17. The first-order chi connectivity index (χ1) is 12.7. The first-order valence-electron chi connectivity index (χ1n) is 8.57. The second-order valence-electron chi connectivity index (χ2n) is 6.33. The minimum absolute atomic E-state index is 0.00393. The SMILES string of the molecule is Cc1[nH]c2ccccc2c1C(=O)/C=C/c1cnn(Cc2ccccc2)c1. The van der Waals surface area contributed by atoms with Crippen molar-refractivity contribution in [1.82, 2.24) is 14.8 Å². The van der Waals surface area contributed by atoms with Crippen molar-refractivity contribution in [3.63, 3.8) is 0 Å². The molecule has 0 saturated carbocycles. The van der Waals surface area contributed by atoms with Crippen LogP contribution in [0.5, 0.6) is 0 Å². The van der Waals surface area contributed by atoms with Gasteiger partial charge in [0.1, 0.15) is 0 Å². The summed E-state index contributed by atoms with van der Waals surface area (Å²) in [6.07, 6.45) is 7.15. The fourth-order valence-corrected chi connectivity index (χ4v) is 3.17. The molecule has 0 bridgehead atoms. The van der Waals surface area contributed by atoms with Crippen molar-refractivity contribution in [2.24, 2.45) is 0 Å². The van der Waals surface area contributed by atoms with Gasteiger partial charge in [-0.2, -0.15) is 5.10 Å². The Morgan fingerprint density at radius 3 is 2.73 bits per heavy atom. The molecule has 4 rings (SSSR count). The first kappa shape index (κ1) is 16.1. The number of hydrogen-bond acceptors (Lipinski definition) is 2. The molecule has 4 nitrogen and oxygen atoms in total. The molecule has 0 aliphatic heterocycles. The maximum absolute atomic E-state index is 12.7. The Labute approximate surface area is 151 Å². The van der Waals surface area contributed by atoms with Crippen LogP contribution in [0, 0.1) is 6.92 Å². The topological polar surface area (TPSA) is 50.7 Å². The van der Waals surface area contributed by atoms with E-state index in [0.29, 0.717) is 6.54 Å². The van der Waals surface area contributed by atoms with Gasteiger partial charge >= 0.3 is 0 Å². The third-order valence-corrected chi connectivity index (χ3v) is 4.41. The smallest absolute Gasteiger partial charge is 0.188 e. The molecule has 26 heavy (non-hydrogen) atoms. The van der Waals surface area contributed by atoms with E-state index in [1.807, 2.05) is 66.3 Å². The highest BCUT2D eigenvalue weighted by atomic mass is 16.1. The molecule has 2 aromatic carbocycles. The summed E-state index contributed by atoms with van der Waals surface area (Å²) in [5.74, 6) is -0.00393. The van der Waals surface area contributed by atoms with E-state index in [9.17, 15) is 4.79 Å². The Morgan fingerprint density at radius 2 is 1.88 bits per heavy atom. The molecule has 0 aliphatic rings. The predicted octanol–water partition coefficient (Wildman–Crippen LogP) is 4.62. The number of para-hydroxylation sites is 1. The summed E-state index contributed by atoms with van der Waals surface area (Å²) in [5.41, 5.74) is 4.70. The summed E-state index contributed by atoms with van der Waals surface area (Å²) in [5, 5.41) is 5.33. The maximum Gasteiger partial charge on any atom is 0.188 e. The number of ketones is 1. The molecule has 2 heterocycles. The predicted molar refractivity (Wildman–Crippen MR) is 104 cm³/mol. The molecule has 0 saturated heterocycles. The largest absolute Gasteiger partial charge is 0.358 e. The fraction of sp³-hybridized carbons (Fsp3) is 0.0909. The lowest BCUT2D eigenvalue weighted by atomic mass is 10.1. The molecule has 1 N–H and O–H groups in total. The lowest BCUT2D eigenvalue weighted by molar-refractivity contribution is 0.104. The van der Waals surface area contributed by atoms with Gasteiger partial charge in [-0.15, -0.1) is 0 Å². The zero-order chi connectivity index (χ0) is 17.9. The van der Waals surface area contributed by atoms with E-state index in [4.69, 9.17) is 0 Å². The zero-order valence-corrected chi connectivity index (χ0v) is 14.5. The van der Waals surface area contributed by atoms with E-state index in [0.717, 1.165) is 27.7 Å². The van der Waals surface area contributed by atoms with Crippen LogP contribution in [0.4, 0.5) is 0 Å². The molecule has 0 radical (unpaired) electrons. The number of aromatic amines is 1. The number of carbonyl (C=O) groups is 1. The van der Waals surface area contributed by atoms with Crippen molar-refractivity contribution in [1.29, 1.82) is 0 Å². The third kappa shape index (κ3) is 3.22. The monoisotopic (exact) mass is 341 g/mol. The minimum atomic E-state index is -0.00393. The van der Waals surface area contributed by atoms with Crippen LogP contribution in [0.2, 0.25) is 0 Å². The van der Waals surface area contributed by atoms with Crippen LogP contribution < -0.4 is 0 Å². The van der Waals surface area contributed by atoms with Gasteiger partial charge < -0.3 is 4.98 Å². The standard InChI is InChI=1S/C22H19N3O/c1-16-22(19-9-5-6-10-20(19)24-16)21(26)12-11-18-13-23-25(15-18)14-17-7-3-2-4-8-17/h2-13,15,24H,14H2,1H3/b12-11+. The number of hydrogen-bond donors (Lipinski definition) is 1. The van der Waals surface area contributed by atoms with Gasteiger partial charge in [0.05, 0.1) is 18.3 Å². The molecular weight excluding hydrogens is 322 g/mol. The summed E-state index contributed by atoms with van der Waals surface area (Å²) in [6, 6.07) is 18.0. The molecule has 4 aromatic rings. The van der Waals surface area contributed by atoms with E-state index in [2.05, 4.69) is 22.2 Å². The number of aryl methyl sites for hydroxylation is 1. The van der Waals surface area contributed by atoms with Crippen molar-refractivity contribution in [3.8, 4) is 0 Å². The Balaban J connectivity index is 1.53. The average molecular weight is 341 g/mol. The lowest BCUT2D eigenvalue weighted by Crippen LogP contribution is -1.99. The molecule has 128 valence electrons. The Hall–Kier alpha value is -3.40.